The van der Waals surface area contributed by atoms with Gasteiger partial charge >= 0.3 is 0 Å². The number of nitrogens with zero attached hydrogens (tertiary/aromatic N) is 3. The summed E-state index contributed by atoms with van der Waals surface area (Å²) in [5.41, 5.74) is 1.44. The van der Waals surface area contributed by atoms with E-state index in [1.54, 1.807) is 26.4 Å². The lowest BCUT2D eigenvalue weighted by molar-refractivity contribution is 0.393. The first-order valence-electron chi connectivity index (χ1n) is 7.98. The predicted octanol–water partition coefficient (Wildman–Crippen LogP) is 3.15. The molecule has 0 radical (unpaired) electrons. The van der Waals surface area contributed by atoms with Crippen molar-refractivity contribution in [1.82, 2.24) is 14.6 Å². The number of thiazole rings is 1. The van der Waals surface area contributed by atoms with Gasteiger partial charge in [0.2, 0.25) is 4.96 Å². The quantitative estimate of drug-likeness (QED) is 0.484. The van der Waals surface area contributed by atoms with E-state index < -0.39 is 0 Å². The Bertz CT molecular complexity index is 1230. The van der Waals surface area contributed by atoms with Crippen LogP contribution >= 0.6 is 27.3 Å². The highest BCUT2D eigenvalue weighted by Gasteiger charge is 2.12. The Morgan fingerprint density at radius 1 is 1.11 bits per heavy atom. The van der Waals surface area contributed by atoms with E-state index in [1.165, 1.54) is 15.9 Å². The number of rotatable bonds is 4. The minimum atomic E-state index is -0.205. The second-order valence-electron chi connectivity index (χ2n) is 5.66. The molecule has 0 fully saturated rings. The van der Waals surface area contributed by atoms with Gasteiger partial charge in [-0.05, 0) is 30.3 Å². The average molecular weight is 444 g/mol. The molecule has 0 aliphatic rings. The summed E-state index contributed by atoms with van der Waals surface area (Å²) in [6, 6.07) is 13.1. The molecule has 0 aliphatic heterocycles. The number of hydrogen-bond donors (Lipinski definition) is 0. The van der Waals surface area contributed by atoms with Gasteiger partial charge in [-0.15, -0.1) is 5.10 Å². The highest BCUT2D eigenvalue weighted by molar-refractivity contribution is 9.10. The van der Waals surface area contributed by atoms with Crippen molar-refractivity contribution in [1.29, 1.82) is 0 Å². The number of methoxy groups -OCH3 is 2. The van der Waals surface area contributed by atoms with Gasteiger partial charge in [-0.3, -0.25) is 4.79 Å². The van der Waals surface area contributed by atoms with E-state index in [0.717, 1.165) is 15.6 Å². The van der Waals surface area contributed by atoms with Crippen LogP contribution in [0.4, 0.5) is 0 Å². The molecule has 0 aliphatic carbocycles. The fourth-order valence-electron chi connectivity index (χ4n) is 2.63. The van der Waals surface area contributed by atoms with Gasteiger partial charge in [0.15, 0.2) is 5.82 Å². The molecule has 2 aromatic carbocycles. The average Bonchev–Trinajstić information content (AvgIpc) is 3.22. The minimum absolute atomic E-state index is 0.205. The highest BCUT2D eigenvalue weighted by Crippen LogP contribution is 2.25. The molecular weight excluding hydrogens is 430 g/mol. The molecule has 27 heavy (non-hydrogen) atoms. The van der Waals surface area contributed by atoms with Crippen LogP contribution in [-0.2, 0) is 0 Å². The van der Waals surface area contributed by atoms with Crippen molar-refractivity contribution in [3.63, 3.8) is 0 Å². The number of benzene rings is 2. The number of hydrogen-bond acceptors (Lipinski definition) is 6. The number of ether oxygens (including phenoxy) is 2. The monoisotopic (exact) mass is 443 g/mol. The number of halogens is 1. The normalized spacial score (nSPS) is 11.9. The summed E-state index contributed by atoms with van der Waals surface area (Å²) in [6.07, 6.45) is 1.78. The third kappa shape index (κ3) is 3.33. The van der Waals surface area contributed by atoms with E-state index >= 15 is 0 Å². The maximum absolute atomic E-state index is 12.7. The van der Waals surface area contributed by atoms with E-state index in [2.05, 4.69) is 26.0 Å². The van der Waals surface area contributed by atoms with Gasteiger partial charge < -0.3 is 9.47 Å². The molecule has 0 bridgehead atoms. The Balaban J connectivity index is 1.79. The van der Waals surface area contributed by atoms with Crippen LogP contribution in [0.15, 0.2) is 51.7 Å². The molecule has 136 valence electrons. The standard InChI is InChI=1S/C19H14BrN3O3S/c1-25-14-8-5-12(15(10-14)26-2)9-16-18(24)23-19(27-16)21-17(22-23)11-3-6-13(20)7-4-11/h3-10H,1-2H3/b16-9-. The molecule has 6 nitrogen and oxygen atoms in total. The zero-order valence-electron chi connectivity index (χ0n) is 14.5. The van der Waals surface area contributed by atoms with Crippen LogP contribution in [0.1, 0.15) is 5.56 Å². The molecule has 4 aromatic rings. The zero-order valence-corrected chi connectivity index (χ0v) is 16.9. The summed E-state index contributed by atoms with van der Waals surface area (Å²) in [7, 11) is 3.17. The smallest absolute Gasteiger partial charge is 0.291 e. The molecule has 8 heteroatoms. The predicted molar refractivity (Wildman–Crippen MR) is 109 cm³/mol. The van der Waals surface area contributed by atoms with Crippen LogP contribution in [0.5, 0.6) is 11.5 Å². The second kappa shape index (κ2) is 7.13. The van der Waals surface area contributed by atoms with Gasteiger partial charge in [0.1, 0.15) is 11.5 Å². The SMILES string of the molecule is COc1ccc(/C=c2\sc3nc(-c4ccc(Br)cc4)nn3c2=O)c(OC)c1. The fourth-order valence-corrected chi connectivity index (χ4v) is 3.80. The molecule has 2 aromatic heterocycles. The van der Waals surface area contributed by atoms with Crippen molar-refractivity contribution < 1.29 is 9.47 Å². The second-order valence-corrected chi connectivity index (χ2v) is 7.59. The third-order valence-corrected chi connectivity index (χ3v) is 5.50. The lowest BCUT2D eigenvalue weighted by Crippen LogP contribution is -2.23. The molecular formula is C19H14BrN3O3S. The maximum atomic E-state index is 12.7. The van der Waals surface area contributed by atoms with Gasteiger partial charge in [-0.25, -0.2) is 0 Å². The molecule has 0 spiro atoms. The largest absolute Gasteiger partial charge is 0.497 e. The lowest BCUT2D eigenvalue weighted by atomic mass is 10.2. The van der Waals surface area contributed by atoms with E-state index in [4.69, 9.17) is 9.47 Å². The first kappa shape index (κ1) is 17.7. The number of aromatic nitrogens is 3. The summed E-state index contributed by atoms with van der Waals surface area (Å²) in [5.74, 6) is 1.84. The summed E-state index contributed by atoms with van der Waals surface area (Å²) in [4.78, 5) is 17.8. The Morgan fingerprint density at radius 2 is 1.89 bits per heavy atom. The van der Waals surface area contributed by atoms with Crippen molar-refractivity contribution in [3.05, 3.63) is 67.4 Å². The first-order valence-corrected chi connectivity index (χ1v) is 9.59. The van der Waals surface area contributed by atoms with Crippen LogP contribution in [-0.4, -0.2) is 28.8 Å². The van der Waals surface area contributed by atoms with Crippen LogP contribution in [0.2, 0.25) is 0 Å². The Hall–Kier alpha value is -2.71. The van der Waals surface area contributed by atoms with Crippen molar-refractivity contribution in [2.24, 2.45) is 0 Å². The van der Waals surface area contributed by atoms with Crippen LogP contribution in [0, 0.1) is 0 Å². The van der Waals surface area contributed by atoms with E-state index in [9.17, 15) is 4.79 Å². The summed E-state index contributed by atoms with van der Waals surface area (Å²) in [6.45, 7) is 0. The Morgan fingerprint density at radius 3 is 2.56 bits per heavy atom. The molecule has 2 heterocycles. The topological polar surface area (TPSA) is 65.7 Å². The molecule has 0 unspecified atom stereocenters. The fraction of sp³-hybridized carbons (Fsp3) is 0.105. The van der Waals surface area contributed by atoms with Gasteiger partial charge in [0.05, 0.1) is 18.8 Å². The maximum Gasteiger partial charge on any atom is 0.291 e. The van der Waals surface area contributed by atoms with Gasteiger partial charge in [-0.1, -0.05) is 39.4 Å². The molecule has 0 saturated heterocycles. The summed E-state index contributed by atoms with van der Waals surface area (Å²) in [5, 5.41) is 4.36. The molecule has 0 saturated carbocycles. The molecule has 0 atom stereocenters. The Kier molecular flexibility index (Phi) is 4.67. The van der Waals surface area contributed by atoms with E-state index in [-0.39, 0.29) is 5.56 Å². The van der Waals surface area contributed by atoms with Crippen molar-refractivity contribution in [2.45, 2.75) is 0 Å². The van der Waals surface area contributed by atoms with Crippen LogP contribution in [0.25, 0.3) is 22.4 Å². The van der Waals surface area contributed by atoms with Crippen LogP contribution < -0.4 is 19.6 Å². The van der Waals surface area contributed by atoms with Crippen LogP contribution in [0.3, 0.4) is 0 Å². The van der Waals surface area contributed by atoms with Gasteiger partial charge in [0, 0.05) is 21.7 Å². The van der Waals surface area contributed by atoms with Crippen molar-refractivity contribution >= 4 is 38.3 Å². The van der Waals surface area contributed by atoms with E-state index in [1.807, 2.05) is 36.4 Å². The van der Waals surface area contributed by atoms with Gasteiger partial charge in [0.25, 0.3) is 5.56 Å². The van der Waals surface area contributed by atoms with Crippen molar-refractivity contribution in [2.75, 3.05) is 14.2 Å². The minimum Gasteiger partial charge on any atom is -0.497 e. The Labute approximate surface area is 166 Å². The number of fused-ring (bicyclic) bond motifs is 1. The summed E-state index contributed by atoms with van der Waals surface area (Å²) < 4.78 is 13.4. The van der Waals surface area contributed by atoms with E-state index in [0.29, 0.717) is 26.8 Å². The lowest BCUT2D eigenvalue weighted by Gasteiger charge is -2.06. The van der Waals surface area contributed by atoms with Gasteiger partial charge in [-0.2, -0.15) is 9.50 Å². The third-order valence-electron chi connectivity index (χ3n) is 4.01. The highest BCUT2D eigenvalue weighted by atomic mass is 79.9. The zero-order chi connectivity index (χ0) is 19.0. The molecule has 4 rings (SSSR count). The molecule has 0 N–H and O–H groups in total. The first-order chi connectivity index (χ1) is 13.1. The summed E-state index contributed by atoms with van der Waals surface area (Å²) >= 11 is 4.69. The van der Waals surface area contributed by atoms with Crippen molar-refractivity contribution in [3.8, 4) is 22.9 Å². The molecule has 0 amide bonds.